The maximum absolute atomic E-state index is 5.74. The standard InChI is InChI=1S/C13H22N4O/c1-17(10-13-4-2-3-7-18-13)9-12-8-11(16-14)5-6-15-12/h5-6,8,13H,2-4,7,9-10,14H2,1H3,(H,15,16). The van der Waals surface area contributed by atoms with E-state index in [0.717, 1.165) is 31.1 Å². The first-order valence-electron chi connectivity index (χ1n) is 6.49. The van der Waals surface area contributed by atoms with Gasteiger partial charge in [0.15, 0.2) is 0 Å². The third-order valence-corrected chi connectivity index (χ3v) is 3.20. The monoisotopic (exact) mass is 250 g/mol. The number of aromatic nitrogens is 1. The van der Waals surface area contributed by atoms with E-state index in [1.807, 2.05) is 12.1 Å². The lowest BCUT2D eigenvalue weighted by Gasteiger charge is -2.27. The Hall–Kier alpha value is -1.17. The van der Waals surface area contributed by atoms with Crippen LogP contribution in [0.5, 0.6) is 0 Å². The van der Waals surface area contributed by atoms with Crippen molar-refractivity contribution in [1.29, 1.82) is 0 Å². The molecule has 1 aliphatic rings. The van der Waals surface area contributed by atoms with Crippen molar-refractivity contribution in [1.82, 2.24) is 9.88 Å². The lowest BCUT2D eigenvalue weighted by Crippen LogP contribution is -2.33. The Morgan fingerprint density at radius 1 is 1.56 bits per heavy atom. The molecule has 2 heterocycles. The minimum Gasteiger partial charge on any atom is -0.377 e. The van der Waals surface area contributed by atoms with Gasteiger partial charge in [0.1, 0.15) is 0 Å². The van der Waals surface area contributed by atoms with E-state index in [1.54, 1.807) is 6.20 Å². The van der Waals surface area contributed by atoms with Gasteiger partial charge in [0, 0.05) is 25.9 Å². The van der Waals surface area contributed by atoms with Gasteiger partial charge in [-0.2, -0.15) is 0 Å². The van der Waals surface area contributed by atoms with Gasteiger partial charge in [0.25, 0.3) is 0 Å². The summed E-state index contributed by atoms with van der Waals surface area (Å²) >= 11 is 0. The first kappa shape index (κ1) is 13.3. The molecule has 0 saturated carbocycles. The summed E-state index contributed by atoms with van der Waals surface area (Å²) in [4.78, 5) is 6.59. The van der Waals surface area contributed by atoms with Crippen molar-refractivity contribution in [3.8, 4) is 0 Å². The first-order chi connectivity index (χ1) is 8.78. The van der Waals surface area contributed by atoms with E-state index in [0.29, 0.717) is 6.10 Å². The molecule has 0 aromatic carbocycles. The second kappa shape index (κ2) is 6.68. The van der Waals surface area contributed by atoms with Crippen LogP contribution in [0.15, 0.2) is 18.3 Å². The molecule has 0 spiro atoms. The molecule has 1 aromatic rings. The van der Waals surface area contributed by atoms with Crippen molar-refractivity contribution in [2.45, 2.75) is 31.9 Å². The van der Waals surface area contributed by atoms with Crippen LogP contribution in [-0.2, 0) is 11.3 Å². The van der Waals surface area contributed by atoms with Gasteiger partial charge in [-0.25, -0.2) is 0 Å². The fourth-order valence-electron chi connectivity index (χ4n) is 2.29. The molecular formula is C13H22N4O. The summed E-state index contributed by atoms with van der Waals surface area (Å²) in [7, 11) is 2.10. The molecule has 0 bridgehead atoms. The van der Waals surface area contributed by atoms with Gasteiger partial charge in [0.05, 0.1) is 17.5 Å². The second-order valence-electron chi connectivity index (χ2n) is 4.87. The number of pyridine rings is 1. The van der Waals surface area contributed by atoms with Crippen molar-refractivity contribution < 1.29 is 4.74 Å². The Labute approximate surface area is 108 Å². The van der Waals surface area contributed by atoms with Gasteiger partial charge in [0.2, 0.25) is 0 Å². The highest BCUT2D eigenvalue weighted by Gasteiger charge is 2.16. The molecular weight excluding hydrogens is 228 g/mol. The van der Waals surface area contributed by atoms with E-state index < -0.39 is 0 Å². The number of nitrogens with zero attached hydrogens (tertiary/aromatic N) is 2. The van der Waals surface area contributed by atoms with Gasteiger partial charge >= 0.3 is 0 Å². The van der Waals surface area contributed by atoms with E-state index >= 15 is 0 Å². The molecule has 1 atom stereocenters. The SMILES string of the molecule is CN(Cc1cc(NN)ccn1)CC1CCCCO1. The van der Waals surface area contributed by atoms with Crippen LogP contribution in [0, 0.1) is 0 Å². The summed E-state index contributed by atoms with van der Waals surface area (Å²) in [5, 5.41) is 0. The Balaban J connectivity index is 1.83. The number of hydrogen-bond acceptors (Lipinski definition) is 5. The summed E-state index contributed by atoms with van der Waals surface area (Å²) in [6.07, 6.45) is 5.80. The van der Waals surface area contributed by atoms with Gasteiger partial charge < -0.3 is 10.2 Å². The number of anilines is 1. The number of hydrogen-bond donors (Lipinski definition) is 2. The van der Waals surface area contributed by atoms with Crippen molar-refractivity contribution in [2.75, 3.05) is 25.6 Å². The lowest BCUT2D eigenvalue weighted by atomic mass is 10.1. The molecule has 1 saturated heterocycles. The van der Waals surface area contributed by atoms with Crippen molar-refractivity contribution in [2.24, 2.45) is 5.84 Å². The Morgan fingerprint density at radius 2 is 2.44 bits per heavy atom. The molecule has 0 radical (unpaired) electrons. The average molecular weight is 250 g/mol. The molecule has 1 fully saturated rings. The smallest absolute Gasteiger partial charge is 0.0702 e. The number of nitrogen functional groups attached to an aromatic ring is 1. The third-order valence-electron chi connectivity index (χ3n) is 3.20. The minimum atomic E-state index is 0.375. The van der Waals surface area contributed by atoms with E-state index in [4.69, 9.17) is 10.6 Å². The zero-order chi connectivity index (χ0) is 12.8. The summed E-state index contributed by atoms with van der Waals surface area (Å²) in [5.41, 5.74) is 4.55. The van der Waals surface area contributed by atoms with Crippen LogP contribution < -0.4 is 11.3 Å². The Kier molecular flexibility index (Phi) is 4.92. The van der Waals surface area contributed by atoms with Gasteiger partial charge in [-0.1, -0.05) is 0 Å². The molecule has 100 valence electrons. The van der Waals surface area contributed by atoms with Gasteiger partial charge in [-0.05, 0) is 38.4 Å². The highest BCUT2D eigenvalue weighted by atomic mass is 16.5. The normalized spacial score (nSPS) is 20.1. The minimum absolute atomic E-state index is 0.375. The highest BCUT2D eigenvalue weighted by Crippen LogP contribution is 2.14. The quantitative estimate of drug-likeness (QED) is 0.610. The number of nitrogens with one attached hydrogen (secondary N) is 1. The highest BCUT2D eigenvalue weighted by molar-refractivity contribution is 5.41. The Bertz CT molecular complexity index is 366. The summed E-state index contributed by atoms with van der Waals surface area (Å²) in [6, 6.07) is 3.83. The molecule has 2 rings (SSSR count). The number of hydrazine groups is 1. The zero-order valence-corrected chi connectivity index (χ0v) is 10.9. The predicted molar refractivity (Wildman–Crippen MR) is 72.0 cm³/mol. The summed E-state index contributed by atoms with van der Waals surface area (Å²) < 4.78 is 5.74. The van der Waals surface area contributed by atoms with Crippen LogP contribution in [0.2, 0.25) is 0 Å². The van der Waals surface area contributed by atoms with Crippen molar-refractivity contribution in [3.05, 3.63) is 24.0 Å². The van der Waals surface area contributed by atoms with Crippen molar-refractivity contribution in [3.63, 3.8) is 0 Å². The first-order valence-corrected chi connectivity index (χ1v) is 6.49. The second-order valence-corrected chi connectivity index (χ2v) is 4.87. The molecule has 0 aliphatic carbocycles. The fourth-order valence-corrected chi connectivity index (χ4v) is 2.29. The van der Waals surface area contributed by atoms with Crippen LogP contribution in [-0.4, -0.2) is 36.2 Å². The maximum atomic E-state index is 5.74. The number of likely N-dealkylation sites (N-methyl/N-ethyl adjacent to an activating group) is 1. The third kappa shape index (κ3) is 3.94. The Morgan fingerprint density at radius 3 is 3.17 bits per heavy atom. The largest absolute Gasteiger partial charge is 0.377 e. The topological polar surface area (TPSA) is 63.4 Å². The molecule has 5 heteroatoms. The lowest BCUT2D eigenvalue weighted by molar-refractivity contribution is -0.00274. The number of rotatable bonds is 5. The molecule has 5 nitrogen and oxygen atoms in total. The molecule has 3 N–H and O–H groups in total. The van der Waals surface area contributed by atoms with Gasteiger partial charge in [-0.3, -0.25) is 15.7 Å². The number of nitrogens with two attached hydrogens (primary N) is 1. The molecule has 0 amide bonds. The summed E-state index contributed by atoms with van der Waals surface area (Å²) in [5.74, 6) is 5.39. The summed E-state index contributed by atoms with van der Waals surface area (Å²) in [6.45, 7) is 2.68. The van der Waals surface area contributed by atoms with E-state index in [-0.39, 0.29) is 0 Å². The number of ether oxygens (including phenoxy) is 1. The molecule has 1 unspecified atom stereocenters. The van der Waals surface area contributed by atoms with Crippen molar-refractivity contribution >= 4 is 5.69 Å². The van der Waals surface area contributed by atoms with Crippen LogP contribution in [0.3, 0.4) is 0 Å². The van der Waals surface area contributed by atoms with Crippen LogP contribution in [0.1, 0.15) is 25.0 Å². The van der Waals surface area contributed by atoms with Crippen LogP contribution in [0.25, 0.3) is 0 Å². The van der Waals surface area contributed by atoms with Gasteiger partial charge in [-0.15, -0.1) is 0 Å². The predicted octanol–water partition coefficient (Wildman–Crippen LogP) is 1.37. The molecule has 1 aliphatic heterocycles. The van der Waals surface area contributed by atoms with E-state index in [1.165, 1.54) is 19.3 Å². The molecule has 1 aromatic heterocycles. The van der Waals surface area contributed by atoms with Crippen LogP contribution in [0.4, 0.5) is 5.69 Å². The molecule has 18 heavy (non-hydrogen) atoms. The fraction of sp³-hybridized carbons (Fsp3) is 0.615. The van der Waals surface area contributed by atoms with E-state index in [2.05, 4.69) is 22.4 Å². The zero-order valence-electron chi connectivity index (χ0n) is 10.9. The van der Waals surface area contributed by atoms with E-state index in [9.17, 15) is 0 Å². The average Bonchev–Trinajstić information content (AvgIpc) is 2.40. The maximum Gasteiger partial charge on any atom is 0.0702 e. The van der Waals surface area contributed by atoms with Crippen LogP contribution >= 0.6 is 0 Å².